The van der Waals surface area contributed by atoms with Gasteiger partial charge >= 0.3 is 11.2 Å². The first-order valence-electron chi connectivity index (χ1n) is 5.23. The van der Waals surface area contributed by atoms with Gasteiger partial charge in [-0.2, -0.15) is 0 Å². The molecule has 0 saturated heterocycles. The third kappa shape index (κ3) is 3.46. The van der Waals surface area contributed by atoms with Crippen LogP contribution in [0.2, 0.25) is 0 Å². The van der Waals surface area contributed by atoms with E-state index in [1.54, 1.807) is 0 Å². The van der Waals surface area contributed by atoms with Crippen molar-refractivity contribution < 1.29 is 0 Å². The molecule has 0 unspecified atom stereocenters. The second-order valence-corrected chi connectivity index (χ2v) is 43.0. The average Bonchev–Trinajstić information content (AvgIpc) is 2.28. The number of hydrogen-bond donors (Lipinski definition) is 0. The zero-order valence-electron chi connectivity index (χ0n) is 10.0. The Morgan fingerprint density at radius 1 is 0.789 bits per heavy atom. The lowest BCUT2D eigenvalue weighted by Gasteiger charge is -2.42. The van der Waals surface area contributed by atoms with E-state index in [9.17, 15) is 0 Å². The summed E-state index contributed by atoms with van der Waals surface area (Å²) in [5, 5.41) is -0.621. The maximum absolute atomic E-state index is 6.62. The number of benzene rings is 1. The van der Waals surface area contributed by atoms with Gasteiger partial charge in [0.05, 0.1) is 0 Å². The second-order valence-electron chi connectivity index (χ2n) is 4.64. The second kappa shape index (κ2) is 6.19. The number of hydrogen-bond acceptors (Lipinski definition) is 0. The van der Waals surface area contributed by atoms with Crippen molar-refractivity contribution in [3.8, 4) is 0 Å². The molecular weight excluding hydrogens is 441 g/mol. The van der Waals surface area contributed by atoms with Crippen LogP contribution in [0.4, 0.5) is 0 Å². The van der Waals surface area contributed by atoms with Crippen LogP contribution in [0.25, 0.3) is 0 Å². The predicted molar refractivity (Wildman–Crippen MR) is 97.7 cm³/mol. The van der Waals surface area contributed by atoms with Gasteiger partial charge in [0.15, 0.2) is 0 Å². The normalized spacial score (nSPS) is 14.6. The Bertz CT molecular complexity index is 441. The van der Waals surface area contributed by atoms with Gasteiger partial charge in [0.2, 0.25) is 0 Å². The minimum Gasteiger partial charge on any atom is -0.146 e. The van der Waals surface area contributed by atoms with Crippen molar-refractivity contribution in [3.05, 3.63) is 35.9 Å². The smallest absolute Gasteiger partial charge is 0.146 e. The molecule has 19 heavy (non-hydrogen) atoms. The maximum Gasteiger partial charge on any atom is 0.358 e. The highest BCUT2D eigenvalue weighted by atomic mass is 35.9. The molecule has 0 atom stereocenters. The van der Waals surface area contributed by atoms with Gasteiger partial charge in [-0.05, 0) is 5.56 Å². The summed E-state index contributed by atoms with van der Waals surface area (Å²) in [4.78, 5) is 0. The van der Waals surface area contributed by atoms with Gasteiger partial charge in [-0.3, -0.25) is 0 Å². The molecule has 0 aliphatic heterocycles. The highest BCUT2D eigenvalue weighted by molar-refractivity contribution is 8.20. The molecule has 0 heterocycles. The summed E-state index contributed by atoms with van der Waals surface area (Å²) < 4.78 is 0. The van der Waals surface area contributed by atoms with Crippen molar-refractivity contribution in [2.75, 3.05) is 0 Å². The first-order valence-corrected chi connectivity index (χ1v) is 20.3. The van der Waals surface area contributed by atoms with Crippen LogP contribution >= 0.6 is 77.6 Å². The average molecular weight is 452 g/mol. The van der Waals surface area contributed by atoms with Crippen LogP contribution < -0.4 is 0 Å². The van der Waals surface area contributed by atoms with Crippen molar-refractivity contribution in [2.45, 2.75) is 18.9 Å². The summed E-state index contributed by atoms with van der Waals surface area (Å²) in [5.41, 5.74) is -5.84. The van der Waals surface area contributed by atoms with Crippen molar-refractivity contribution in [1.82, 2.24) is 0 Å². The van der Waals surface area contributed by atoms with E-state index in [-0.39, 0.29) is 0 Å². The van der Waals surface area contributed by atoms with E-state index in [4.69, 9.17) is 77.6 Å². The quantitative estimate of drug-likeness (QED) is 0.380. The fourth-order valence-electron chi connectivity index (χ4n) is 1.61. The summed E-state index contributed by atoms with van der Waals surface area (Å²) >= 11 is 44.2. The van der Waals surface area contributed by atoms with E-state index in [0.29, 0.717) is 0 Å². The minimum atomic E-state index is -3.40. The Morgan fingerprint density at radius 2 is 1.21 bits per heavy atom. The van der Waals surface area contributed by atoms with Gasteiger partial charge in [-0.15, -0.1) is 77.6 Å². The van der Waals surface area contributed by atoms with Gasteiger partial charge in [0.25, 0.3) is 6.21 Å². The van der Waals surface area contributed by atoms with Crippen LogP contribution in [-0.2, 0) is 5.04 Å². The van der Waals surface area contributed by atoms with E-state index in [2.05, 4.69) is 0 Å². The van der Waals surface area contributed by atoms with Crippen molar-refractivity contribution in [3.63, 3.8) is 0 Å². The third-order valence-electron chi connectivity index (χ3n) is 3.03. The van der Waals surface area contributed by atoms with Crippen LogP contribution in [0.15, 0.2) is 30.3 Å². The first kappa shape index (κ1) is 18.9. The van der Waals surface area contributed by atoms with Crippen molar-refractivity contribution in [1.29, 1.82) is 0 Å². The topological polar surface area (TPSA) is 0 Å². The summed E-state index contributed by atoms with van der Waals surface area (Å²) in [6.45, 7) is 3.79. The van der Waals surface area contributed by atoms with Crippen LogP contribution in [0, 0.1) is 0 Å². The predicted octanol–water partition coefficient (Wildman–Crippen LogP) is 6.16. The monoisotopic (exact) mass is 448 g/mol. The maximum atomic E-state index is 6.62. The lowest BCUT2D eigenvalue weighted by atomic mass is 10.0. The molecule has 0 nitrogen and oxygen atoms in total. The number of halogens is 7. The molecule has 0 aliphatic carbocycles. The Labute approximate surface area is 148 Å². The molecule has 0 N–H and O–H groups in total. The van der Waals surface area contributed by atoms with Gasteiger partial charge in [-0.1, -0.05) is 44.2 Å². The molecule has 108 valence electrons. The largest absolute Gasteiger partial charge is 0.358 e. The molecule has 0 aliphatic rings. The number of rotatable bonds is 4. The highest BCUT2D eigenvalue weighted by Gasteiger charge is 2.72. The molecule has 1 aromatic carbocycles. The van der Waals surface area contributed by atoms with Crippen LogP contribution in [-0.4, -0.2) is 17.5 Å². The zero-order chi connectivity index (χ0) is 15.1. The fraction of sp³-hybridized carbons (Fsp3) is 0.333. The Hall–Kier alpha value is 1.90. The van der Waals surface area contributed by atoms with Crippen molar-refractivity contribution in [2.24, 2.45) is 0 Å². The summed E-state index contributed by atoms with van der Waals surface area (Å²) in [6, 6.07) is 9.54. The molecular formula is C9H11Cl7Si3. The highest BCUT2D eigenvalue weighted by Crippen LogP contribution is 2.53. The molecule has 0 bridgehead atoms. The SMILES string of the molecule is CC(C)(c1ccccc1)[Si](Cl)(Cl)[Si](Cl)(Cl)[Si](Cl)(Cl)Cl. The van der Waals surface area contributed by atoms with Gasteiger partial charge in [-0.25, -0.2) is 0 Å². The summed E-state index contributed by atoms with van der Waals surface area (Å²) in [5.74, 6) is 0. The van der Waals surface area contributed by atoms with E-state index < -0.39 is 22.5 Å². The lowest BCUT2D eigenvalue weighted by Crippen LogP contribution is -2.68. The van der Waals surface area contributed by atoms with Crippen LogP contribution in [0.1, 0.15) is 19.4 Å². The Kier molecular flexibility index (Phi) is 6.17. The van der Waals surface area contributed by atoms with E-state index in [1.807, 2.05) is 44.2 Å². The molecule has 0 radical (unpaired) electrons. The Morgan fingerprint density at radius 3 is 1.58 bits per heavy atom. The van der Waals surface area contributed by atoms with Gasteiger partial charge < -0.3 is 0 Å². The van der Waals surface area contributed by atoms with Crippen molar-refractivity contribution >= 4 is 95.0 Å². The minimum absolute atomic E-state index is 0.621. The third-order valence-corrected chi connectivity index (χ3v) is 61.2. The van der Waals surface area contributed by atoms with E-state index in [1.165, 1.54) is 0 Å². The lowest BCUT2D eigenvalue weighted by molar-refractivity contribution is 0.750. The van der Waals surface area contributed by atoms with E-state index >= 15 is 0 Å². The molecule has 0 amide bonds. The fourth-order valence-corrected chi connectivity index (χ4v) is 45.0. The molecule has 10 heteroatoms. The van der Waals surface area contributed by atoms with E-state index in [0.717, 1.165) is 5.56 Å². The van der Waals surface area contributed by atoms with Gasteiger partial charge in [0, 0.05) is 5.04 Å². The van der Waals surface area contributed by atoms with Gasteiger partial charge in [0.1, 0.15) is 0 Å². The summed E-state index contributed by atoms with van der Waals surface area (Å²) in [7, 11) is 0. The van der Waals surface area contributed by atoms with Crippen LogP contribution in [0.5, 0.6) is 0 Å². The molecule has 1 rings (SSSR count). The summed E-state index contributed by atoms with van der Waals surface area (Å²) in [6.07, 6.45) is -3.25. The van der Waals surface area contributed by atoms with Crippen LogP contribution in [0.3, 0.4) is 0 Å². The zero-order valence-corrected chi connectivity index (χ0v) is 18.3. The molecule has 1 aromatic rings. The molecule has 0 fully saturated rings. The standard InChI is InChI=1S/C9H11Cl7Si3/c1-9(2,8-6-4-3-5-7-8)17(10,11)19(15,16)18(12,13)14/h3-7H,1-2H3. The molecule has 0 saturated carbocycles. The first-order chi connectivity index (χ1) is 8.36. The Balaban J connectivity index is 3.34. The molecule has 0 aromatic heterocycles. The molecule has 0 spiro atoms.